The molecule has 1 aliphatic rings. The summed E-state index contributed by atoms with van der Waals surface area (Å²) in [6.45, 7) is 4.01. The van der Waals surface area contributed by atoms with Gasteiger partial charge in [-0.15, -0.1) is 11.3 Å². The van der Waals surface area contributed by atoms with Crippen molar-refractivity contribution in [2.75, 3.05) is 32.4 Å². The third-order valence-corrected chi connectivity index (χ3v) is 6.35. The SMILES string of the molecule is CSc1ncc(C(=O)N2CCN(Cc3cccs3)CC2)n1-c1ccc(F)cc1. The number of carbonyl (C=O) groups excluding carboxylic acids is 1. The van der Waals surface area contributed by atoms with E-state index in [0.29, 0.717) is 23.9 Å². The van der Waals surface area contributed by atoms with Crippen LogP contribution in [0.25, 0.3) is 5.69 Å². The molecule has 0 atom stereocenters. The molecule has 0 aliphatic carbocycles. The van der Waals surface area contributed by atoms with Crippen LogP contribution < -0.4 is 0 Å². The largest absolute Gasteiger partial charge is 0.335 e. The van der Waals surface area contributed by atoms with E-state index in [2.05, 4.69) is 27.4 Å². The Kier molecular flexibility index (Phi) is 5.79. The summed E-state index contributed by atoms with van der Waals surface area (Å²) < 4.78 is 15.1. The Morgan fingerprint density at radius 2 is 1.93 bits per heavy atom. The van der Waals surface area contributed by atoms with Crippen LogP contribution in [0.3, 0.4) is 0 Å². The standard InChI is InChI=1S/C20H21FN4OS2/c1-27-20-22-13-18(25(20)16-6-4-15(21)5-7-16)19(26)24-10-8-23(9-11-24)14-17-3-2-12-28-17/h2-7,12-13H,8-11,14H2,1H3. The van der Waals surface area contributed by atoms with E-state index in [-0.39, 0.29) is 11.7 Å². The highest BCUT2D eigenvalue weighted by atomic mass is 32.2. The van der Waals surface area contributed by atoms with Crippen molar-refractivity contribution in [2.24, 2.45) is 0 Å². The molecule has 146 valence electrons. The van der Waals surface area contributed by atoms with Gasteiger partial charge in [0.05, 0.1) is 6.20 Å². The van der Waals surface area contributed by atoms with Crippen molar-refractivity contribution >= 4 is 29.0 Å². The fourth-order valence-electron chi connectivity index (χ4n) is 3.36. The van der Waals surface area contributed by atoms with E-state index in [0.717, 1.165) is 25.3 Å². The van der Waals surface area contributed by atoms with E-state index >= 15 is 0 Å². The summed E-state index contributed by atoms with van der Waals surface area (Å²) in [4.78, 5) is 23.2. The van der Waals surface area contributed by atoms with Gasteiger partial charge in [0.1, 0.15) is 11.5 Å². The lowest BCUT2D eigenvalue weighted by atomic mass is 10.2. The van der Waals surface area contributed by atoms with Crippen LogP contribution in [0, 0.1) is 5.82 Å². The van der Waals surface area contributed by atoms with Crippen molar-refractivity contribution in [2.45, 2.75) is 11.7 Å². The fraction of sp³-hybridized carbons (Fsp3) is 0.300. The normalized spacial score (nSPS) is 15.1. The Labute approximate surface area is 171 Å². The number of aromatic nitrogens is 2. The van der Waals surface area contributed by atoms with Crippen LogP contribution in [0.15, 0.2) is 53.1 Å². The van der Waals surface area contributed by atoms with Gasteiger partial charge in [0.25, 0.3) is 5.91 Å². The molecule has 0 N–H and O–H groups in total. The number of imidazole rings is 1. The first-order valence-electron chi connectivity index (χ1n) is 9.07. The van der Waals surface area contributed by atoms with E-state index in [1.807, 2.05) is 15.7 Å². The summed E-state index contributed by atoms with van der Waals surface area (Å²) in [5.74, 6) is -0.336. The topological polar surface area (TPSA) is 41.4 Å². The van der Waals surface area contributed by atoms with Gasteiger partial charge in [-0.3, -0.25) is 14.3 Å². The van der Waals surface area contributed by atoms with Gasteiger partial charge >= 0.3 is 0 Å². The number of rotatable bonds is 5. The second-order valence-corrected chi connectivity index (χ2v) is 8.40. The van der Waals surface area contributed by atoms with Gasteiger partial charge < -0.3 is 4.90 Å². The van der Waals surface area contributed by atoms with Crippen molar-refractivity contribution in [3.05, 3.63) is 64.4 Å². The molecule has 28 heavy (non-hydrogen) atoms. The second-order valence-electron chi connectivity index (χ2n) is 6.59. The minimum atomic E-state index is -0.302. The molecule has 0 radical (unpaired) electrons. The van der Waals surface area contributed by atoms with Crippen LogP contribution in [0.5, 0.6) is 0 Å². The summed E-state index contributed by atoms with van der Waals surface area (Å²) in [6, 6.07) is 10.4. The van der Waals surface area contributed by atoms with E-state index in [9.17, 15) is 9.18 Å². The number of nitrogens with zero attached hydrogens (tertiary/aromatic N) is 4. The Balaban J connectivity index is 1.49. The molecular weight excluding hydrogens is 395 g/mol. The smallest absolute Gasteiger partial charge is 0.272 e. The molecule has 4 rings (SSSR count). The quantitative estimate of drug-likeness (QED) is 0.594. The van der Waals surface area contributed by atoms with Crippen LogP contribution in [0.2, 0.25) is 0 Å². The molecule has 2 aromatic heterocycles. The molecule has 1 aliphatic heterocycles. The molecule has 0 bridgehead atoms. The van der Waals surface area contributed by atoms with Crippen molar-refractivity contribution in [1.29, 1.82) is 0 Å². The Hall–Kier alpha value is -2.16. The van der Waals surface area contributed by atoms with Gasteiger partial charge in [-0.05, 0) is 42.0 Å². The first-order chi connectivity index (χ1) is 13.7. The molecule has 1 fully saturated rings. The van der Waals surface area contributed by atoms with E-state index in [1.165, 1.54) is 28.8 Å². The second kappa shape index (κ2) is 8.46. The van der Waals surface area contributed by atoms with Gasteiger partial charge in [-0.2, -0.15) is 0 Å². The van der Waals surface area contributed by atoms with Crippen LogP contribution >= 0.6 is 23.1 Å². The van der Waals surface area contributed by atoms with Crippen LogP contribution in [-0.2, 0) is 6.54 Å². The average Bonchev–Trinajstić information content (AvgIpc) is 3.38. The van der Waals surface area contributed by atoms with Gasteiger partial charge in [-0.1, -0.05) is 17.8 Å². The molecular formula is C20H21FN4OS2. The predicted octanol–water partition coefficient (Wildman–Crippen LogP) is 3.75. The maximum atomic E-state index is 13.3. The Morgan fingerprint density at radius 3 is 2.57 bits per heavy atom. The number of thiophene rings is 1. The molecule has 1 saturated heterocycles. The molecule has 0 unspecified atom stereocenters. The summed E-state index contributed by atoms with van der Waals surface area (Å²) in [5, 5.41) is 2.81. The summed E-state index contributed by atoms with van der Waals surface area (Å²) >= 11 is 3.23. The van der Waals surface area contributed by atoms with Crippen LogP contribution in [-0.4, -0.2) is 57.7 Å². The molecule has 1 aromatic carbocycles. The number of carbonyl (C=O) groups is 1. The first kappa shape index (κ1) is 19.2. The van der Waals surface area contributed by atoms with Crippen molar-refractivity contribution in [3.8, 4) is 5.69 Å². The van der Waals surface area contributed by atoms with E-state index < -0.39 is 0 Å². The van der Waals surface area contributed by atoms with Crippen molar-refractivity contribution in [3.63, 3.8) is 0 Å². The number of amides is 1. The predicted molar refractivity (Wildman–Crippen MR) is 111 cm³/mol. The maximum absolute atomic E-state index is 13.3. The maximum Gasteiger partial charge on any atom is 0.272 e. The highest BCUT2D eigenvalue weighted by Crippen LogP contribution is 2.23. The number of thioether (sulfide) groups is 1. The Bertz CT molecular complexity index is 932. The molecule has 5 nitrogen and oxygen atoms in total. The van der Waals surface area contributed by atoms with E-state index in [1.54, 1.807) is 29.7 Å². The highest BCUT2D eigenvalue weighted by molar-refractivity contribution is 7.98. The summed E-state index contributed by atoms with van der Waals surface area (Å²) in [7, 11) is 0. The molecule has 3 aromatic rings. The monoisotopic (exact) mass is 416 g/mol. The van der Waals surface area contributed by atoms with Crippen molar-refractivity contribution in [1.82, 2.24) is 19.4 Å². The van der Waals surface area contributed by atoms with E-state index in [4.69, 9.17) is 0 Å². The van der Waals surface area contributed by atoms with Crippen LogP contribution in [0.4, 0.5) is 4.39 Å². The highest BCUT2D eigenvalue weighted by Gasteiger charge is 2.26. The Morgan fingerprint density at radius 1 is 1.18 bits per heavy atom. The number of piperazine rings is 1. The molecule has 1 amide bonds. The number of halogens is 1. The molecule has 0 saturated carbocycles. The zero-order chi connectivity index (χ0) is 19.5. The lowest BCUT2D eigenvalue weighted by molar-refractivity contribution is 0.0621. The third kappa shape index (κ3) is 3.99. The molecule has 8 heteroatoms. The zero-order valence-corrected chi connectivity index (χ0v) is 17.2. The molecule has 0 spiro atoms. The van der Waals surface area contributed by atoms with Crippen LogP contribution in [0.1, 0.15) is 15.4 Å². The van der Waals surface area contributed by atoms with Gasteiger partial charge in [0.2, 0.25) is 0 Å². The van der Waals surface area contributed by atoms with Gasteiger partial charge in [0.15, 0.2) is 5.16 Å². The minimum absolute atomic E-state index is 0.0344. The van der Waals surface area contributed by atoms with Gasteiger partial charge in [0, 0.05) is 43.3 Å². The first-order valence-corrected chi connectivity index (χ1v) is 11.2. The lowest BCUT2D eigenvalue weighted by Crippen LogP contribution is -2.48. The fourth-order valence-corrected chi connectivity index (χ4v) is 4.65. The lowest BCUT2D eigenvalue weighted by Gasteiger charge is -2.34. The van der Waals surface area contributed by atoms with Gasteiger partial charge in [-0.25, -0.2) is 9.37 Å². The number of benzene rings is 1. The van der Waals surface area contributed by atoms with Crippen molar-refractivity contribution < 1.29 is 9.18 Å². The number of hydrogen-bond donors (Lipinski definition) is 0. The average molecular weight is 417 g/mol. The minimum Gasteiger partial charge on any atom is -0.335 e. The number of hydrogen-bond acceptors (Lipinski definition) is 5. The zero-order valence-electron chi connectivity index (χ0n) is 15.5. The molecule has 3 heterocycles. The summed E-state index contributed by atoms with van der Waals surface area (Å²) in [5.41, 5.74) is 1.26. The third-order valence-electron chi connectivity index (χ3n) is 4.84. The summed E-state index contributed by atoms with van der Waals surface area (Å²) in [6.07, 6.45) is 3.54.